The number of hydrogen-bond donors (Lipinski definition) is 0. The summed E-state index contributed by atoms with van der Waals surface area (Å²) in [5.41, 5.74) is 1.43. The molecule has 4 heteroatoms. The quantitative estimate of drug-likeness (QED) is 0.835. The van der Waals surface area contributed by atoms with Gasteiger partial charge in [0.2, 0.25) is 0 Å². The van der Waals surface area contributed by atoms with Crippen LogP contribution in [0.5, 0.6) is 0 Å². The Bertz CT molecular complexity index is 459. The Hall–Kier alpha value is -1.13. The molecular weight excluding hydrogens is 274 g/mol. The highest BCUT2D eigenvalue weighted by Crippen LogP contribution is 2.35. The molecule has 2 saturated heterocycles. The van der Waals surface area contributed by atoms with Gasteiger partial charge < -0.3 is 9.64 Å². The summed E-state index contributed by atoms with van der Waals surface area (Å²) >= 11 is 0. The molecule has 2 aliphatic rings. The Balaban J connectivity index is 1.82. The Kier molecular flexibility index (Phi) is 5.68. The molecule has 0 amide bonds. The summed E-state index contributed by atoms with van der Waals surface area (Å²) in [6.07, 6.45) is 8.45. The normalized spacial score (nSPS) is 23.7. The second-order valence-electron chi connectivity index (χ2n) is 6.42. The lowest BCUT2D eigenvalue weighted by atomic mass is 9.95. The summed E-state index contributed by atoms with van der Waals surface area (Å²) in [4.78, 5) is 9.83. The van der Waals surface area contributed by atoms with Crippen molar-refractivity contribution < 1.29 is 4.74 Å². The van der Waals surface area contributed by atoms with E-state index in [-0.39, 0.29) is 0 Å². The lowest BCUT2D eigenvalue weighted by Gasteiger charge is -2.38. The zero-order valence-electron chi connectivity index (χ0n) is 13.8. The molecule has 0 N–H and O–H groups in total. The smallest absolute Gasteiger partial charge is 0.133 e. The Morgan fingerprint density at radius 2 is 2.09 bits per heavy atom. The summed E-state index contributed by atoms with van der Waals surface area (Å²) in [5, 5.41) is 0. The third kappa shape index (κ3) is 3.61. The van der Waals surface area contributed by atoms with Gasteiger partial charge in [-0.3, -0.25) is 4.90 Å². The molecule has 1 aromatic heterocycles. The molecule has 122 valence electrons. The first-order valence-electron chi connectivity index (χ1n) is 8.92. The van der Waals surface area contributed by atoms with Crippen LogP contribution >= 0.6 is 0 Å². The van der Waals surface area contributed by atoms with Crippen molar-refractivity contribution in [1.82, 2.24) is 9.88 Å². The van der Waals surface area contributed by atoms with E-state index in [4.69, 9.17) is 9.72 Å². The van der Waals surface area contributed by atoms with Crippen LogP contribution in [0.25, 0.3) is 0 Å². The molecule has 3 heterocycles. The van der Waals surface area contributed by atoms with Crippen molar-refractivity contribution >= 4 is 5.82 Å². The second-order valence-corrected chi connectivity index (χ2v) is 6.42. The molecule has 4 nitrogen and oxygen atoms in total. The maximum atomic E-state index is 5.50. The van der Waals surface area contributed by atoms with Crippen LogP contribution in [-0.4, -0.2) is 49.3 Å². The van der Waals surface area contributed by atoms with Crippen molar-refractivity contribution in [2.75, 3.05) is 44.3 Å². The van der Waals surface area contributed by atoms with Crippen molar-refractivity contribution in [2.24, 2.45) is 0 Å². The number of likely N-dealkylation sites (tertiary alicyclic amines) is 1. The highest BCUT2D eigenvalue weighted by Gasteiger charge is 2.27. The molecule has 3 rings (SSSR count). The fraction of sp³-hybridized carbons (Fsp3) is 0.722. The Labute approximate surface area is 134 Å². The molecule has 0 bridgehead atoms. The number of ether oxygens (including phenoxy) is 1. The van der Waals surface area contributed by atoms with E-state index in [1.54, 1.807) is 0 Å². The van der Waals surface area contributed by atoms with E-state index in [0.717, 1.165) is 26.3 Å². The number of anilines is 1. The van der Waals surface area contributed by atoms with Crippen LogP contribution in [0, 0.1) is 0 Å². The first-order valence-corrected chi connectivity index (χ1v) is 8.92. The summed E-state index contributed by atoms with van der Waals surface area (Å²) < 4.78 is 5.50. The van der Waals surface area contributed by atoms with E-state index in [1.165, 1.54) is 56.6 Å². The zero-order valence-corrected chi connectivity index (χ0v) is 13.8. The maximum Gasteiger partial charge on any atom is 0.133 e. The number of piperidine rings is 1. The fourth-order valence-electron chi connectivity index (χ4n) is 3.68. The molecule has 0 saturated carbocycles. The third-order valence-electron chi connectivity index (χ3n) is 4.90. The number of nitrogens with zero attached hydrogens (tertiary/aromatic N) is 3. The van der Waals surface area contributed by atoms with Crippen LogP contribution in [0.2, 0.25) is 0 Å². The van der Waals surface area contributed by atoms with Gasteiger partial charge in [-0.05, 0) is 38.4 Å². The summed E-state index contributed by atoms with van der Waals surface area (Å²) in [6.45, 7) is 8.31. The largest absolute Gasteiger partial charge is 0.378 e. The van der Waals surface area contributed by atoms with E-state index in [1.807, 2.05) is 6.20 Å². The first kappa shape index (κ1) is 15.8. The minimum atomic E-state index is 0.548. The average molecular weight is 303 g/mol. The van der Waals surface area contributed by atoms with Gasteiger partial charge in [0, 0.05) is 30.9 Å². The summed E-state index contributed by atoms with van der Waals surface area (Å²) in [6, 6.07) is 4.95. The summed E-state index contributed by atoms with van der Waals surface area (Å²) in [7, 11) is 0. The topological polar surface area (TPSA) is 28.6 Å². The average Bonchev–Trinajstić information content (AvgIpc) is 2.61. The molecule has 0 aliphatic carbocycles. The lowest BCUT2D eigenvalue weighted by Crippen LogP contribution is -2.39. The van der Waals surface area contributed by atoms with Gasteiger partial charge in [0.1, 0.15) is 5.82 Å². The molecule has 0 radical (unpaired) electrons. The Morgan fingerprint density at radius 1 is 1.23 bits per heavy atom. The fourth-order valence-corrected chi connectivity index (χ4v) is 3.68. The van der Waals surface area contributed by atoms with E-state index in [2.05, 4.69) is 28.9 Å². The molecule has 0 aromatic carbocycles. The second kappa shape index (κ2) is 7.93. The first-order chi connectivity index (χ1) is 10.9. The van der Waals surface area contributed by atoms with Crippen molar-refractivity contribution in [3.05, 3.63) is 23.9 Å². The number of aromatic nitrogens is 1. The van der Waals surface area contributed by atoms with Gasteiger partial charge in [-0.25, -0.2) is 4.98 Å². The molecule has 22 heavy (non-hydrogen) atoms. The van der Waals surface area contributed by atoms with Crippen LogP contribution in [0.4, 0.5) is 5.82 Å². The predicted octanol–water partition coefficient (Wildman–Crippen LogP) is 3.25. The number of rotatable bonds is 5. The number of unbranched alkanes of at least 4 members (excludes halogenated alkanes) is 1. The van der Waals surface area contributed by atoms with Gasteiger partial charge in [0.25, 0.3) is 0 Å². The zero-order chi connectivity index (χ0) is 15.2. The highest BCUT2D eigenvalue weighted by molar-refractivity contribution is 5.49. The molecule has 0 unspecified atom stereocenters. The van der Waals surface area contributed by atoms with Gasteiger partial charge in [0.15, 0.2) is 0 Å². The minimum Gasteiger partial charge on any atom is -0.378 e. The van der Waals surface area contributed by atoms with Crippen LogP contribution in [0.1, 0.15) is 50.6 Å². The molecule has 2 fully saturated rings. The SMILES string of the molecule is CCCCN1CCCC[C@H]1c1cccnc1N1CCOCC1. The highest BCUT2D eigenvalue weighted by atomic mass is 16.5. The van der Waals surface area contributed by atoms with Gasteiger partial charge >= 0.3 is 0 Å². The van der Waals surface area contributed by atoms with Crippen LogP contribution in [-0.2, 0) is 4.74 Å². The van der Waals surface area contributed by atoms with Crippen molar-refractivity contribution in [3.8, 4) is 0 Å². The van der Waals surface area contributed by atoms with Crippen LogP contribution in [0.3, 0.4) is 0 Å². The maximum absolute atomic E-state index is 5.50. The Morgan fingerprint density at radius 3 is 2.91 bits per heavy atom. The lowest BCUT2D eigenvalue weighted by molar-refractivity contribution is 0.121. The monoisotopic (exact) mass is 303 g/mol. The van der Waals surface area contributed by atoms with Gasteiger partial charge in [0.05, 0.1) is 13.2 Å². The van der Waals surface area contributed by atoms with E-state index in [0.29, 0.717) is 6.04 Å². The number of morpholine rings is 1. The third-order valence-corrected chi connectivity index (χ3v) is 4.90. The minimum absolute atomic E-state index is 0.548. The molecule has 2 aliphatic heterocycles. The predicted molar refractivity (Wildman–Crippen MR) is 90.3 cm³/mol. The summed E-state index contributed by atoms with van der Waals surface area (Å²) in [5.74, 6) is 1.19. The van der Waals surface area contributed by atoms with E-state index >= 15 is 0 Å². The van der Waals surface area contributed by atoms with Crippen molar-refractivity contribution in [1.29, 1.82) is 0 Å². The van der Waals surface area contributed by atoms with Gasteiger partial charge in [-0.15, -0.1) is 0 Å². The van der Waals surface area contributed by atoms with Gasteiger partial charge in [-0.1, -0.05) is 25.8 Å². The van der Waals surface area contributed by atoms with E-state index in [9.17, 15) is 0 Å². The standard InChI is InChI=1S/C18H29N3O/c1-2-3-10-20-11-5-4-8-17(20)16-7-6-9-19-18(16)21-12-14-22-15-13-21/h6-7,9,17H,2-5,8,10-15H2,1H3/t17-/m0/s1. The van der Waals surface area contributed by atoms with Crippen LogP contribution < -0.4 is 4.90 Å². The molecular formula is C18H29N3O. The van der Waals surface area contributed by atoms with Crippen molar-refractivity contribution in [2.45, 2.75) is 45.1 Å². The van der Waals surface area contributed by atoms with Crippen LogP contribution in [0.15, 0.2) is 18.3 Å². The van der Waals surface area contributed by atoms with Crippen molar-refractivity contribution in [3.63, 3.8) is 0 Å². The molecule has 0 spiro atoms. The molecule has 1 aromatic rings. The molecule has 1 atom stereocenters. The number of hydrogen-bond acceptors (Lipinski definition) is 4. The van der Waals surface area contributed by atoms with Gasteiger partial charge in [-0.2, -0.15) is 0 Å². The van der Waals surface area contributed by atoms with E-state index < -0.39 is 0 Å². The number of pyridine rings is 1.